The number of carboxylic acid groups (broad SMARTS) is 1. The molecule has 0 bridgehead atoms. The van der Waals surface area contributed by atoms with Gasteiger partial charge in [0.05, 0.1) is 6.61 Å². The molecule has 0 aliphatic carbocycles. The number of hydrogen-bond acceptors (Lipinski definition) is 4. The number of azide groups is 1. The van der Waals surface area contributed by atoms with Crippen molar-refractivity contribution in [1.29, 1.82) is 0 Å². The van der Waals surface area contributed by atoms with Crippen molar-refractivity contribution < 1.29 is 14.3 Å². The van der Waals surface area contributed by atoms with Crippen LogP contribution in [0.25, 0.3) is 10.4 Å². The second kappa shape index (κ2) is 11.6. The van der Waals surface area contributed by atoms with E-state index < -0.39 is 20.3 Å². The molecule has 2 aromatic rings. The molecule has 0 radical (unpaired) electrons. The Morgan fingerprint density at radius 1 is 1.16 bits per heavy atom. The maximum absolute atomic E-state index is 11.1. The highest BCUT2D eigenvalue weighted by atomic mass is 28.4. The van der Waals surface area contributed by atoms with Crippen LogP contribution < -0.4 is 16.1 Å². The van der Waals surface area contributed by atoms with Gasteiger partial charge in [-0.25, -0.2) is 0 Å². The van der Waals surface area contributed by atoms with Crippen LogP contribution in [0.1, 0.15) is 33.6 Å². The minimum atomic E-state index is -2.65. The van der Waals surface area contributed by atoms with Gasteiger partial charge >= 0.3 is 5.97 Å². The Hall–Kier alpha value is -2.90. The molecule has 0 spiro atoms. The lowest BCUT2D eigenvalue weighted by Gasteiger charge is -2.43. The zero-order valence-corrected chi connectivity index (χ0v) is 19.9. The summed E-state index contributed by atoms with van der Waals surface area (Å²) < 4.78 is 6.78. The van der Waals surface area contributed by atoms with Crippen molar-refractivity contribution in [2.24, 2.45) is 10.8 Å². The lowest BCUT2D eigenvalue weighted by atomic mass is 10.1. The minimum Gasteiger partial charge on any atom is -0.481 e. The second-order valence-electron chi connectivity index (χ2n) is 8.70. The smallest absolute Gasteiger partial charge is 0.312 e. The standard InChI is InChI=1S/C24H32N4O3Si/c1-24(2,3)32(20-13-6-4-7-14-20,21-15-8-5-9-16-21)31-18-19(25)12-10-11-17-22(23(29)30)27-28-26/h4-10,12-16,19,22H,11,17-18,25H2,1-3H3,(H,29,30)/b12-10+/t19-,22-/m1/s1. The van der Waals surface area contributed by atoms with E-state index in [1.165, 1.54) is 10.4 Å². The van der Waals surface area contributed by atoms with Crippen LogP contribution in [0, 0.1) is 0 Å². The number of carboxylic acids is 1. The van der Waals surface area contributed by atoms with E-state index in [9.17, 15) is 4.79 Å². The summed E-state index contributed by atoms with van der Waals surface area (Å²) in [6.45, 7) is 6.97. The average molecular weight is 453 g/mol. The van der Waals surface area contributed by atoms with Gasteiger partial charge in [0, 0.05) is 11.0 Å². The van der Waals surface area contributed by atoms with Crippen LogP contribution in [0.3, 0.4) is 0 Å². The molecule has 8 heteroatoms. The summed E-state index contributed by atoms with van der Waals surface area (Å²) in [6, 6.07) is 19.3. The molecule has 170 valence electrons. The Balaban J connectivity index is 2.21. The highest BCUT2D eigenvalue weighted by Gasteiger charge is 2.50. The van der Waals surface area contributed by atoms with Gasteiger partial charge in [-0.05, 0) is 33.8 Å². The van der Waals surface area contributed by atoms with Gasteiger partial charge < -0.3 is 15.3 Å². The van der Waals surface area contributed by atoms with Crippen molar-refractivity contribution in [2.45, 2.75) is 50.7 Å². The van der Waals surface area contributed by atoms with Gasteiger partial charge in [-0.1, -0.05) is 98.7 Å². The maximum atomic E-state index is 11.1. The summed E-state index contributed by atoms with van der Waals surface area (Å²) in [5.41, 5.74) is 14.8. The minimum absolute atomic E-state index is 0.136. The predicted molar refractivity (Wildman–Crippen MR) is 130 cm³/mol. The van der Waals surface area contributed by atoms with Gasteiger partial charge in [-0.3, -0.25) is 4.79 Å². The third-order valence-electron chi connectivity index (χ3n) is 5.38. The van der Waals surface area contributed by atoms with E-state index >= 15 is 0 Å². The first kappa shape index (κ1) is 25.4. The number of hydrogen-bond donors (Lipinski definition) is 2. The predicted octanol–water partition coefficient (Wildman–Crippen LogP) is 3.99. The van der Waals surface area contributed by atoms with E-state index in [0.717, 1.165) is 0 Å². The maximum Gasteiger partial charge on any atom is 0.312 e. The van der Waals surface area contributed by atoms with Crippen molar-refractivity contribution >= 4 is 24.7 Å². The highest BCUT2D eigenvalue weighted by Crippen LogP contribution is 2.36. The molecule has 0 saturated carbocycles. The van der Waals surface area contributed by atoms with Crippen LogP contribution in [0.15, 0.2) is 77.9 Å². The average Bonchev–Trinajstić information content (AvgIpc) is 2.76. The monoisotopic (exact) mass is 452 g/mol. The Bertz CT molecular complexity index is 897. The third kappa shape index (κ3) is 6.31. The zero-order chi connectivity index (χ0) is 23.6. The normalized spacial score (nSPS) is 14.0. The Kier molecular flexibility index (Phi) is 9.23. The van der Waals surface area contributed by atoms with Crippen molar-refractivity contribution in [3.63, 3.8) is 0 Å². The molecular weight excluding hydrogens is 420 g/mol. The number of benzene rings is 2. The lowest BCUT2D eigenvalue weighted by molar-refractivity contribution is -0.138. The van der Waals surface area contributed by atoms with Crippen LogP contribution in [0.4, 0.5) is 0 Å². The topological polar surface area (TPSA) is 121 Å². The molecule has 0 amide bonds. The molecule has 7 nitrogen and oxygen atoms in total. The number of allylic oxidation sites excluding steroid dienone is 1. The van der Waals surface area contributed by atoms with Crippen LogP contribution in [-0.4, -0.2) is 38.1 Å². The van der Waals surface area contributed by atoms with E-state index in [0.29, 0.717) is 13.0 Å². The van der Waals surface area contributed by atoms with Gasteiger partial charge in [0.1, 0.15) is 6.04 Å². The summed E-state index contributed by atoms with van der Waals surface area (Å²) in [5.74, 6) is -1.13. The molecule has 0 saturated heterocycles. The highest BCUT2D eigenvalue weighted by molar-refractivity contribution is 6.99. The summed E-state index contributed by atoms with van der Waals surface area (Å²) in [6.07, 6.45) is 4.32. The SMILES string of the molecule is CC(C)(C)[Si](OC[C@H](N)/C=C/CC[C@@H](N=[N+]=[N-])C(=O)O)(c1ccccc1)c1ccccc1. The third-order valence-corrected chi connectivity index (χ3v) is 10.4. The Morgan fingerprint density at radius 3 is 2.12 bits per heavy atom. The molecule has 0 aliphatic rings. The van der Waals surface area contributed by atoms with Crippen LogP contribution in [-0.2, 0) is 9.22 Å². The molecule has 3 N–H and O–H groups in total. The number of nitrogens with zero attached hydrogens (tertiary/aromatic N) is 3. The molecular formula is C24H32N4O3Si. The molecule has 0 aliphatic heterocycles. The molecule has 2 aromatic carbocycles. The second-order valence-corrected chi connectivity index (χ2v) is 13.0. The fraction of sp³-hybridized carbons (Fsp3) is 0.375. The first-order chi connectivity index (χ1) is 15.2. The van der Waals surface area contributed by atoms with Crippen LogP contribution in [0.2, 0.25) is 5.04 Å². The van der Waals surface area contributed by atoms with Crippen LogP contribution >= 0.6 is 0 Å². The molecule has 0 aromatic heterocycles. The number of nitrogens with two attached hydrogens (primary N) is 1. The molecule has 2 rings (SSSR count). The summed E-state index contributed by atoms with van der Waals surface area (Å²) >= 11 is 0. The quantitative estimate of drug-likeness (QED) is 0.176. The lowest BCUT2D eigenvalue weighted by Crippen LogP contribution is -2.67. The summed E-state index contributed by atoms with van der Waals surface area (Å²) in [4.78, 5) is 13.7. The molecule has 0 heterocycles. The van der Waals surface area contributed by atoms with E-state index in [2.05, 4.69) is 55.1 Å². The van der Waals surface area contributed by atoms with Crippen molar-refractivity contribution in [1.82, 2.24) is 0 Å². The first-order valence-electron chi connectivity index (χ1n) is 10.7. The van der Waals surface area contributed by atoms with Gasteiger partial charge in [-0.15, -0.1) is 0 Å². The largest absolute Gasteiger partial charge is 0.481 e. The molecule has 32 heavy (non-hydrogen) atoms. The van der Waals surface area contributed by atoms with E-state index in [-0.39, 0.29) is 17.5 Å². The van der Waals surface area contributed by atoms with Gasteiger partial charge in [0.15, 0.2) is 0 Å². The summed E-state index contributed by atoms with van der Waals surface area (Å²) in [5, 5.41) is 14.6. The fourth-order valence-electron chi connectivity index (χ4n) is 3.86. The van der Waals surface area contributed by atoms with E-state index in [1.807, 2.05) is 48.6 Å². The zero-order valence-electron chi connectivity index (χ0n) is 18.9. The summed E-state index contributed by atoms with van der Waals surface area (Å²) in [7, 11) is -2.65. The van der Waals surface area contributed by atoms with Crippen molar-refractivity contribution in [3.8, 4) is 0 Å². The van der Waals surface area contributed by atoms with E-state index in [1.54, 1.807) is 0 Å². The van der Waals surface area contributed by atoms with Gasteiger partial charge in [-0.2, -0.15) is 0 Å². The number of carbonyl (C=O) groups is 1. The van der Waals surface area contributed by atoms with Gasteiger partial charge in [0.2, 0.25) is 0 Å². The molecule has 0 fully saturated rings. The molecule has 2 atom stereocenters. The Morgan fingerprint density at radius 2 is 1.69 bits per heavy atom. The van der Waals surface area contributed by atoms with Gasteiger partial charge in [0.25, 0.3) is 8.32 Å². The number of rotatable bonds is 11. The van der Waals surface area contributed by atoms with E-state index in [4.69, 9.17) is 20.8 Å². The molecule has 0 unspecified atom stereocenters. The first-order valence-corrected chi connectivity index (χ1v) is 12.6. The van der Waals surface area contributed by atoms with Crippen molar-refractivity contribution in [3.05, 3.63) is 83.3 Å². The fourth-order valence-corrected chi connectivity index (χ4v) is 8.45. The Labute approximate surface area is 190 Å². The number of aliphatic carboxylic acids is 1. The van der Waals surface area contributed by atoms with Crippen LogP contribution in [0.5, 0.6) is 0 Å². The van der Waals surface area contributed by atoms with Crippen molar-refractivity contribution in [2.75, 3.05) is 6.61 Å².